The Labute approximate surface area is 178 Å². The number of hydrogen-bond donors (Lipinski definition) is 3. The monoisotopic (exact) mass is 427 g/mol. The minimum absolute atomic E-state index is 0.0137. The van der Waals surface area contributed by atoms with E-state index >= 15 is 0 Å². The van der Waals surface area contributed by atoms with Crippen LogP contribution in [0, 0.1) is 17.0 Å². The number of benzene rings is 1. The molecule has 162 valence electrons. The third-order valence-electron chi connectivity index (χ3n) is 5.81. The van der Waals surface area contributed by atoms with Crippen LogP contribution in [0.15, 0.2) is 48.7 Å². The number of rotatable bonds is 7. The fraction of sp³-hybridized carbons (Fsp3) is 0.318. The van der Waals surface area contributed by atoms with Gasteiger partial charge in [0.25, 0.3) is 0 Å². The van der Waals surface area contributed by atoms with Crippen LogP contribution in [0.2, 0.25) is 0 Å². The number of aromatic nitrogens is 3. The Morgan fingerprint density at radius 3 is 2.58 bits per heavy atom. The minimum atomic E-state index is -1.12. The van der Waals surface area contributed by atoms with Crippen LogP contribution in [0.25, 0.3) is 0 Å². The van der Waals surface area contributed by atoms with Crippen molar-refractivity contribution in [1.29, 1.82) is 0 Å². The van der Waals surface area contributed by atoms with Crippen molar-refractivity contribution >= 4 is 17.6 Å². The number of carboxylic acid groups (broad SMARTS) is 1. The summed E-state index contributed by atoms with van der Waals surface area (Å²) in [6.45, 7) is 1.38. The lowest BCUT2D eigenvalue weighted by molar-refractivity contribution is -0.152. The number of hydrogen-bond acceptors (Lipinski definition) is 5. The average Bonchev–Trinajstić information content (AvgIpc) is 3.26. The number of aliphatic carboxylic acids is 1. The minimum Gasteiger partial charge on any atom is -0.481 e. The molecule has 0 spiro atoms. The molecule has 31 heavy (non-hydrogen) atoms. The highest BCUT2D eigenvalue weighted by atomic mass is 19.1. The second-order valence-corrected chi connectivity index (χ2v) is 7.85. The molecule has 1 aliphatic heterocycles. The smallest absolute Gasteiger partial charge is 0.310 e. The molecular weight excluding hydrogens is 404 g/mol. The molecule has 1 fully saturated rings. The lowest BCUT2D eigenvalue weighted by Crippen LogP contribution is -2.45. The van der Waals surface area contributed by atoms with Crippen LogP contribution in [0.4, 0.5) is 20.4 Å². The van der Waals surface area contributed by atoms with Crippen molar-refractivity contribution in [3.8, 4) is 0 Å². The van der Waals surface area contributed by atoms with E-state index in [9.17, 15) is 18.7 Å². The van der Waals surface area contributed by atoms with Crippen LogP contribution in [0.1, 0.15) is 24.1 Å². The standard InChI is InChI=1S/C22H23F2N5O2/c23-16-4-2-1-3-15(16)14-29-11-8-22(9-12-29,21(30)31)13-18-17(24)5-6-19(26-18)27-20-7-10-25-28-20/h1-7,10H,8-9,11-14H2,(H,30,31)(H2,25,26,27,28). The number of H-pyrrole nitrogens is 1. The molecular formula is C22H23F2N5O2. The van der Waals surface area contributed by atoms with Gasteiger partial charge in [-0.1, -0.05) is 18.2 Å². The highest BCUT2D eigenvalue weighted by Crippen LogP contribution is 2.36. The first-order chi connectivity index (χ1) is 14.9. The van der Waals surface area contributed by atoms with Crippen molar-refractivity contribution in [3.63, 3.8) is 0 Å². The van der Waals surface area contributed by atoms with Gasteiger partial charge in [0.05, 0.1) is 17.3 Å². The number of nitrogens with one attached hydrogen (secondary N) is 2. The zero-order valence-electron chi connectivity index (χ0n) is 16.8. The van der Waals surface area contributed by atoms with Crippen LogP contribution in [-0.4, -0.2) is 44.2 Å². The maximum absolute atomic E-state index is 14.5. The van der Waals surface area contributed by atoms with E-state index in [4.69, 9.17) is 0 Å². The second kappa shape index (κ2) is 8.81. The van der Waals surface area contributed by atoms with Gasteiger partial charge in [0.1, 0.15) is 23.3 Å². The number of halogens is 2. The number of nitrogens with zero attached hydrogens (tertiary/aromatic N) is 3. The zero-order valence-corrected chi connectivity index (χ0v) is 16.8. The van der Waals surface area contributed by atoms with Crippen LogP contribution in [-0.2, 0) is 17.8 Å². The van der Waals surface area contributed by atoms with E-state index in [0.717, 1.165) is 0 Å². The Kier molecular flexibility index (Phi) is 5.94. The predicted molar refractivity (Wildman–Crippen MR) is 111 cm³/mol. The predicted octanol–water partition coefficient (Wildman–Crippen LogP) is 3.74. The molecule has 3 N–H and O–H groups in total. The maximum Gasteiger partial charge on any atom is 0.310 e. The van der Waals surface area contributed by atoms with Gasteiger partial charge in [-0.3, -0.25) is 14.8 Å². The number of pyridine rings is 1. The summed E-state index contributed by atoms with van der Waals surface area (Å²) in [5, 5.41) is 19.5. The summed E-state index contributed by atoms with van der Waals surface area (Å²) in [4.78, 5) is 18.5. The van der Waals surface area contributed by atoms with Crippen LogP contribution < -0.4 is 5.32 Å². The van der Waals surface area contributed by atoms with Gasteiger partial charge in [0.2, 0.25) is 0 Å². The molecule has 3 heterocycles. The normalized spacial score (nSPS) is 16.2. The largest absolute Gasteiger partial charge is 0.481 e. The van der Waals surface area contributed by atoms with Gasteiger partial charge in [-0.05, 0) is 44.1 Å². The SMILES string of the molecule is O=C(O)C1(Cc2nc(Nc3ccn[nH]3)ccc2F)CCN(Cc2ccccc2F)CC1. The van der Waals surface area contributed by atoms with Gasteiger partial charge < -0.3 is 10.4 Å². The molecule has 0 radical (unpaired) electrons. The summed E-state index contributed by atoms with van der Waals surface area (Å²) in [7, 11) is 0. The van der Waals surface area contributed by atoms with E-state index in [1.165, 1.54) is 18.2 Å². The Hall–Kier alpha value is -3.33. The Morgan fingerprint density at radius 1 is 1.13 bits per heavy atom. The van der Waals surface area contributed by atoms with Crippen molar-refractivity contribution in [1.82, 2.24) is 20.1 Å². The fourth-order valence-electron chi connectivity index (χ4n) is 3.93. The van der Waals surface area contributed by atoms with Gasteiger partial charge in [-0.15, -0.1) is 0 Å². The highest BCUT2D eigenvalue weighted by molar-refractivity contribution is 5.75. The van der Waals surface area contributed by atoms with Gasteiger partial charge >= 0.3 is 5.97 Å². The van der Waals surface area contributed by atoms with Crippen LogP contribution >= 0.6 is 0 Å². The summed E-state index contributed by atoms with van der Waals surface area (Å²) in [6, 6.07) is 11.0. The van der Waals surface area contributed by atoms with E-state index in [1.54, 1.807) is 30.5 Å². The quantitative estimate of drug-likeness (QED) is 0.532. The molecule has 0 unspecified atom stereocenters. The van der Waals surface area contributed by atoms with Gasteiger partial charge in [0.15, 0.2) is 0 Å². The maximum atomic E-state index is 14.5. The third kappa shape index (κ3) is 4.72. The molecule has 7 nitrogen and oxygen atoms in total. The van der Waals surface area contributed by atoms with E-state index in [0.29, 0.717) is 49.7 Å². The summed E-state index contributed by atoms with van der Waals surface area (Å²) in [5.41, 5.74) is -0.434. The van der Waals surface area contributed by atoms with Crippen molar-refractivity contribution in [2.45, 2.75) is 25.8 Å². The summed E-state index contributed by atoms with van der Waals surface area (Å²) in [6.07, 6.45) is 2.22. The summed E-state index contributed by atoms with van der Waals surface area (Å²) in [5.74, 6) is -0.779. The Bertz CT molecular complexity index is 1050. The van der Waals surface area contributed by atoms with Crippen molar-refractivity contribution in [3.05, 3.63) is 71.6 Å². The summed E-state index contributed by atoms with van der Waals surface area (Å²) < 4.78 is 28.4. The molecule has 1 saturated heterocycles. The third-order valence-corrected chi connectivity index (χ3v) is 5.81. The van der Waals surface area contributed by atoms with Gasteiger partial charge in [0, 0.05) is 24.6 Å². The van der Waals surface area contributed by atoms with E-state index in [-0.39, 0.29) is 17.9 Å². The molecule has 1 aromatic carbocycles. The lowest BCUT2D eigenvalue weighted by Gasteiger charge is -2.39. The molecule has 2 aromatic heterocycles. The number of carbonyl (C=O) groups is 1. The first-order valence-electron chi connectivity index (χ1n) is 10.1. The molecule has 0 saturated carbocycles. The number of carboxylic acids is 1. The average molecular weight is 427 g/mol. The van der Waals surface area contributed by atoms with Crippen molar-refractivity contribution in [2.24, 2.45) is 5.41 Å². The summed E-state index contributed by atoms with van der Waals surface area (Å²) >= 11 is 0. The molecule has 1 aliphatic rings. The number of likely N-dealkylation sites (tertiary alicyclic amines) is 1. The number of anilines is 2. The molecule has 0 amide bonds. The molecule has 0 aliphatic carbocycles. The number of piperidine rings is 1. The molecule has 9 heteroatoms. The van der Waals surface area contributed by atoms with Crippen LogP contribution in [0.3, 0.4) is 0 Å². The van der Waals surface area contributed by atoms with Crippen LogP contribution in [0.5, 0.6) is 0 Å². The molecule has 0 atom stereocenters. The second-order valence-electron chi connectivity index (χ2n) is 7.85. The van der Waals surface area contributed by atoms with E-state index < -0.39 is 17.2 Å². The lowest BCUT2D eigenvalue weighted by atomic mass is 9.74. The first kappa shape index (κ1) is 20.9. The Morgan fingerprint density at radius 2 is 1.90 bits per heavy atom. The van der Waals surface area contributed by atoms with Crippen molar-refractivity contribution < 1.29 is 18.7 Å². The molecule has 0 bridgehead atoms. The fourth-order valence-corrected chi connectivity index (χ4v) is 3.93. The molecule has 3 aromatic rings. The Balaban J connectivity index is 1.47. The van der Waals surface area contributed by atoms with Gasteiger partial charge in [-0.25, -0.2) is 13.8 Å². The van der Waals surface area contributed by atoms with Gasteiger partial charge in [-0.2, -0.15) is 5.10 Å². The zero-order chi connectivity index (χ0) is 21.8. The highest BCUT2D eigenvalue weighted by Gasteiger charge is 2.42. The number of aromatic amines is 1. The molecule has 4 rings (SSSR count). The first-order valence-corrected chi connectivity index (χ1v) is 10.1. The van der Waals surface area contributed by atoms with Crippen molar-refractivity contribution in [2.75, 3.05) is 18.4 Å². The van der Waals surface area contributed by atoms with E-state index in [2.05, 4.69) is 20.5 Å². The topological polar surface area (TPSA) is 94.1 Å². The van der Waals surface area contributed by atoms with E-state index in [1.807, 2.05) is 4.90 Å².